The van der Waals surface area contributed by atoms with Crippen LogP contribution in [0.1, 0.15) is 22.4 Å². The van der Waals surface area contributed by atoms with Crippen molar-refractivity contribution in [3.05, 3.63) is 94.8 Å². The molecule has 3 aromatic rings. The number of aromatic nitrogens is 1. The Kier molecular flexibility index (Phi) is 5.98. The summed E-state index contributed by atoms with van der Waals surface area (Å²) in [6.07, 6.45) is 1.62. The van der Waals surface area contributed by atoms with Gasteiger partial charge in [-0.05, 0) is 42.8 Å². The first-order chi connectivity index (χ1) is 13.5. The van der Waals surface area contributed by atoms with Crippen LogP contribution in [0.25, 0.3) is 5.70 Å². The van der Waals surface area contributed by atoms with Crippen molar-refractivity contribution in [2.24, 2.45) is 0 Å². The molecule has 0 N–H and O–H groups in total. The molecular weight excluding hydrogens is 370 g/mol. The number of hydrogen-bond acceptors (Lipinski definition) is 4. The molecule has 0 aliphatic carbocycles. The molecule has 0 atom stereocenters. The highest BCUT2D eigenvalue weighted by molar-refractivity contribution is 6.30. The largest absolute Gasteiger partial charge is 0.496 e. The Morgan fingerprint density at radius 1 is 1.21 bits per heavy atom. The normalized spacial score (nSPS) is 10.2. The monoisotopic (exact) mass is 389 g/mol. The molecule has 1 heterocycles. The molecule has 4 nitrogen and oxygen atoms in total. The van der Waals surface area contributed by atoms with Crippen LogP contribution in [-0.2, 0) is 6.54 Å². The number of nitrogens with zero attached hydrogens (tertiary/aromatic N) is 3. The number of rotatable bonds is 6. The number of ether oxygens (including phenoxy) is 1. The average Bonchev–Trinajstić information content (AvgIpc) is 2.73. The molecule has 0 bridgehead atoms. The molecule has 140 valence electrons. The number of benzene rings is 2. The third-order valence-corrected chi connectivity index (χ3v) is 4.73. The fourth-order valence-corrected chi connectivity index (χ4v) is 3.17. The molecule has 0 aliphatic rings. The van der Waals surface area contributed by atoms with E-state index >= 15 is 0 Å². The van der Waals surface area contributed by atoms with Crippen LogP contribution in [0.5, 0.6) is 5.75 Å². The Morgan fingerprint density at radius 2 is 2.00 bits per heavy atom. The summed E-state index contributed by atoms with van der Waals surface area (Å²) < 4.78 is 5.52. The zero-order valence-corrected chi connectivity index (χ0v) is 16.6. The lowest BCUT2D eigenvalue weighted by molar-refractivity contribution is 0.410. The Morgan fingerprint density at radius 3 is 2.71 bits per heavy atom. The van der Waals surface area contributed by atoms with E-state index in [2.05, 4.69) is 22.5 Å². The smallest absolute Gasteiger partial charge is 0.125 e. The number of halogens is 1. The fraction of sp³-hybridized carbons (Fsp3) is 0.130. The van der Waals surface area contributed by atoms with Crippen molar-refractivity contribution in [1.29, 1.82) is 5.26 Å². The Labute approximate surface area is 170 Å². The quantitative estimate of drug-likeness (QED) is 0.550. The van der Waals surface area contributed by atoms with Crippen LogP contribution in [-0.4, -0.2) is 12.1 Å². The van der Waals surface area contributed by atoms with E-state index in [1.807, 2.05) is 43.3 Å². The Balaban J connectivity index is 2.07. The number of aryl methyl sites for hydroxylation is 1. The highest BCUT2D eigenvalue weighted by Gasteiger charge is 2.18. The maximum atomic E-state index is 9.22. The second-order valence-corrected chi connectivity index (χ2v) is 6.75. The molecule has 0 saturated carbocycles. The zero-order chi connectivity index (χ0) is 20.1. The van der Waals surface area contributed by atoms with Crippen LogP contribution in [0.2, 0.25) is 5.02 Å². The second-order valence-electron chi connectivity index (χ2n) is 6.32. The molecule has 28 heavy (non-hydrogen) atoms. The van der Waals surface area contributed by atoms with Gasteiger partial charge in [-0.1, -0.05) is 42.4 Å². The van der Waals surface area contributed by atoms with E-state index in [1.54, 1.807) is 31.5 Å². The minimum Gasteiger partial charge on any atom is -0.496 e. The summed E-state index contributed by atoms with van der Waals surface area (Å²) in [5, 5.41) is 9.84. The lowest BCUT2D eigenvalue weighted by Crippen LogP contribution is -2.22. The van der Waals surface area contributed by atoms with Crippen molar-refractivity contribution >= 4 is 23.0 Å². The first-order valence-electron chi connectivity index (χ1n) is 8.74. The molecule has 0 aliphatic heterocycles. The van der Waals surface area contributed by atoms with E-state index in [0.717, 1.165) is 16.8 Å². The van der Waals surface area contributed by atoms with Gasteiger partial charge in [0.05, 0.1) is 36.7 Å². The van der Waals surface area contributed by atoms with Crippen LogP contribution in [0.3, 0.4) is 0 Å². The number of pyridine rings is 1. The average molecular weight is 390 g/mol. The third-order valence-electron chi connectivity index (χ3n) is 4.49. The number of anilines is 1. The SMILES string of the molecule is C=C(c1cc(C#N)ccn1)N(Cc1ccc(Cl)cc1OC)c1ccccc1C. The summed E-state index contributed by atoms with van der Waals surface area (Å²) in [6, 6.07) is 19.2. The minimum atomic E-state index is 0.516. The summed E-state index contributed by atoms with van der Waals surface area (Å²) >= 11 is 6.11. The van der Waals surface area contributed by atoms with E-state index < -0.39 is 0 Å². The van der Waals surface area contributed by atoms with Gasteiger partial charge in [-0.3, -0.25) is 4.98 Å². The standard InChI is InChI=1S/C23H20ClN3O/c1-16-6-4-5-7-22(16)27(15-19-8-9-20(24)13-23(19)28-3)17(2)21-12-18(14-25)10-11-26-21/h4-13H,2,15H2,1,3H3. The van der Waals surface area contributed by atoms with Crippen molar-refractivity contribution in [2.45, 2.75) is 13.5 Å². The van der Waals surface area contributed by atoms with Gasteiger partial charge in [-0.2, -0.15) is 5.26 Å². The maximum Gasteiger partial charge on any atom is 0.125 e. The first kappa shape index (κ1) is 19.5. The van der Waals surface area contributed by atoms with Crippen molar-refractivity contribution < 1.29 is 4.74 Å². The Bertz CT molecular complexity index is 1060. The van der Waals surface area contributed by atoms with Gasteiger partial charge >= 0.3 is 0 Å². The number of hydrogen-bond donors (Lipinski definition) is 0. The predicted molar refractivity (Wildman–Crippen MR) is 113 cm³/mol. The van der Waals surface area contributed by atoms with Crippen molar-refractivity contribution in [2.75, 3.05) is 12.0 Å². The zero-order valence-electron chi connectivity index (χ0n) is 15.8. The molecule has 2 aromatic carbocycles. The van der Waals surface area contributed by atoms with Crippen molar-refractivity contribution in [1.82, 2.24) is 4.98 Å². The van der Waals surface area contributed by atoms with Gasteiger partial charge in [0.1, 0.15) is 5.75 Å². The molecule has 1 aromatic heterocycles. The van der Waals surface area contributed by atoms with E-state index in [1.165, 1.54) is 0 Å². The van der Waals surface area contributed by atoms with Crippen LogP contribution in [0.15, 0.2) is 67.4 Å². The van der Waals surface area contributed by atoms with E-state index in [4.69, 9.17) is 16.3 Å². The van der Waals surface area contributed by atoms with Crippen LogP contribution >= 0.6 is 11.6 Å². The molecule has 3 rings (SSSR count). The van der Waals surface area contributed by atoms with Crippen molar-refractivity contribution in [3.63, 3.8) is 0 Å². The summed E-state index contributed by atoms with van der Waals surface area (Å²) in [4.78, 5) is 6.49. The molecule has 0 saturated heterocycles. The molecular formula is C23H20ClN3O. The van der Waals surface area contributed by atoms with Crippen molar-refractivity contribution in [3.8, 4) is 11.8 Å². The lowest BCUT2D eigenvalue weighted by Gasteiger charge is -2.29. The highest BCUT2D eigenvalue weighted by Crippen LogP contribution is 2.32. The van der Waals surface area contributed by atoms with Gasteiger partial charge in [0.2, 0.25) is 0 Å². The molecule has 0 spiro atoms. The molecule has 0 fully saturated rings. The van der Waals surface area contributed by atoms with E-state index in [9.17, 15) is 5.26 Å². The van der Waals surface area contributed by atoms with Gasteiger partial charge in [0, 0.05) is 22.5 Å². The summed E-state index contributed by atoms with van der Waals surface area (Å²) in [5.41, 5.74) is 4.97. The predicted octanol–water partition coefficient (Wildman–Crippen LogP) is 5.60. The van der Waals surface area contributed by atoms with E-state index in [-0.39, 0.29) is 0 Å². The van der Waals surface area contributed by atoms with Gasteiger partial charge in [0.25, 0.3) is 0 Å². The number of nitriles is 1. The molecule has 0 radical (unpaired) electrons. The van der Waals surface area contributed by atoms with Gasteiger partial charge < -0.3 is 9.64 Å². The number of para-hydroxylation sites is 1. The second kappa shape index (κ2) is 8.60. The van der Waals surface area contributed by atoms with Gasteiger partial charge in [-0.15, -0.1) is 0 Å². The summed E-state index contributed by atoms with van der Waals surface area (Å²) in [7, 11) is 1.63. The van der Waals surface area contributed by atoms with Gasteiger partial charge in [0.15, 0.2) is 0 Å². The topological polar surface area (TPSA) is 49.2 Å². The molecule has 0 amide bonds. The minimum absolute atomic E-state index is 0.516. The maximum absolute atomic E-state index is 9.22. The number of methoxy groups -OCH3 is 1. The molecule has 5 heteroatoms. The third kappa shape index (κ3) is 4.16. The summed E-state index contributed by atoms with van der Waals surface area (Å²) in [5.74, 6) is 0.706. The summed E-state index contributed by atoms with van der Waals surface area (Å²) in [6.45, 7) is 6.84. The van der Waals surface area contributed by atoms with Crippen LogP contribution < -0.4 is 9.64 Å². The fourth-order valence-electron chi connectivity index (χ4n) is 3.01. The van der Waals surface area contributed by atoms with Crippen LogP contribution in [0, 0.1) is 18.3 Å². The Hall–Kier alpha value is -3.29. The van der Waals surface area contributed by atoms with Gasteiger partial charge in [-0.25, -0.2) is 0 Å². The first-order valence-corrected chi connectivity index (χ1v) is 9.12. The molecule has 0 unspecified atom stereocenters. The van der Waals surface area contributed by atoms with E-state index in [0.29, 0.717) is 34.3 Å². The highest BCUT2D eigenvalue weighted by atomic mass is 35.5. The van der Waals surface area contributed by atoms with Crippen LogP contribution in [0.4, 0.5) is 5.69 Å². The lowest BCUT2D eigenvalue weighted by atomic mass is 10.1.